The lowest BCUT2D eigenvalue weighted by Crippen LogP contribution is -2.37. The van der Waals surface area contributed by atoms with E-state index in [2.05, 4.69) is 26.6 Å². The lowest BCUT2D eigenvalue weighted by Gasteiger charge is -2.24. The molecular formula is C18H20N4O2S. The maximum atomic E-state index is 12.4. The van der Waals surface area contributed by atoms with E-state index in [-0.39, 0.29) is 24.1 Å². The average molecular weight is 356 g/mol. The number of likely N-dealkylation sites (N-methyl/N-ethyl adjacent to an activating group) is 1. The van der Waals surface area contributed by atoms with Crippen LogP contribution in [0.2, 0.25) is 0 Å². The van der Waals surface area contributed by atoms with Crippen LogP contribution in [0.5, 0.6) is 0 Å². The minimum Gasteiger partial charge on any atom is -0.353 e. The molecule has 7 heteroatoms. The molecule has 0 radical (unpaired) electrons. The Balaban J connectivity index is 1.68. The molecule has 0 aliphatic heterocycles. The predicted molar refractivity (Wildman–Crippen MR) is 99.8 cm³/mol. The van der Waals surface area contributed by atoms with Gasteiger partial charge in [0.05, 0.1) is 23.3 Å². The fourth-order valence-corrected chi connectivity index (χ4v) is 3.41. The molecule has 0 bridgehead atoms. The van der Waals surface area contributed by atoms with Crippen molar-refractivity contribution in [1.29, 1.82) is 0 Å². The van der Waals surface area contributed by atoms with Crippen molar-refractivity contribution >= 4 is 28.1 Å². The highest BCUT2D eigenvalue weighted by Gasteiger charge is 2.16. The molecule has 1 N–H and O–H groups in total. The van der Waals surface area contributed by atoms with Gasteiger partial charge < -0.3 is 10.2 Å². The van der Waals surface area contributed by atoms with Crippen molar-refractivity contribution in [2.75, 3.05) is 20.6 Å². The van der Waals surface area contributed by atoms with Crippen LogP contribution in [0.3, 0.4) is 0 Å². The van der Waals surface area contributed by atoms with Crippen LogP contribution < -0.4 is 10.9 Å². The SMILES string of the molecule is CN(C)C(CNC(=O)Cn1cnc2ccccc2c1=O)c1ccsc1. The number of fused-ring (bicyclic) bond motifs is 1. The molecule has 1 atom stereocenters. The highest BCUT2D eigenvalue weighted by Crippen LogP contribution is 2.19. The van der Waals surface area contributed by atoms with Gasteiger partial charge in [0.25, 0.3) is 5.56 Å². The molecule has 6 nitrogen and oxygen atoms in total. The molecule has 130 valence electrons. The molecule has 2 heterocycles. The van der Waals surface area contributed by atoms with E-state index in [1.165, 1.54) is 16.5 Å². The summed E-state index contributed by atoms with van der Waals surface area (Å²) in [6.45, 7) is 0.443. The molecule has 3 rings (SSSR count). The van der Waals surface area contributed by atoms with Gasteiger partial charge in [-0.15, -0.1) is 0 Å². The van der Waals surface area contributed by atoms with Gasteiger partial charge in [-0.05, 0) is 48.6 Å². The van der Waals surface area contributed by atoms with Gasteiger partial charge in [-0.1, -0.05) is 12.1 Å². The molecule has 0 spiro atoms. The Bertz CT molecular complexity index is 918. The van der Waals surface area contributed by atoms with E-state index < -0.39 is 0 Å². The Hall–Kier alpha value is -2.51. The maximum absolute atomic E-state index is 12.4. The number of para-hydroxylation sites is 1. The summed E-state index contributed by atoms with van der Waals surface area (Å²) in [5.41, 5.74) is 1.59. The third-order valence-corrected chi connectivity index (χ3v) is 4.79. The van der Waals surface area contributed by atoms with E-state index in [1.807, 2.05) is 25.5 Å². The second-order valence-electron chi connectivity index (χ2n) is 6.03. The number of carbonyl (C=O) groups excluding carboxylic acids is 1. The second kappa shape index (κ2) is 7.58. The van der Waals surface area contributed by atoms with E-state index in [9.17, 15) is 9.59 Å². The molecule has 1 aromatic carbocycles. The van der Waals surface area contributed by atoms with Gasteiger partial charge in [0.15, 0.2) is 0 Å². The van der Waals surface area contributed by atoms with Crippen molar-refractivity contribution < 1.29 is 4.79 Å². The van der Waals surface area contributed by atoms with Crippen LogP contribution in [0, 0.1) is 0 Å². The third kappa shape index (κ3) is 3.94. The summed E-state index contributed by atoms with van der Waals surface area (Å²) in [6, 6.07) is 9.28. The lowest BCUT2D eigenvalue weighted by molar-refractivity contribution is -0.121. The molecule has 0 saturated heterocycles. The van der Waals surface area contributed by atoms with Gasteiger partial charge in [-0.25, -0.2) is 4.98 Å². The van der Waals surface area contributed by atoms with Gasteiger partial charge in [-0.2, -0.15) is 11.3 Å². The highest BCUT2D eigenvalue weighted by molar-refractivity contribution is 7.07. The van der Waals surface area contributed by atoms with E-state index in [0.29, 0.717) is 17.4 Å². The fourth-order valence-electron chi connectivity index (χ4n) is 2.70. The Labute approximate surface area is 149 Å². The first-order valence-corrected chi connectivity index (χ1v) is 8.90. The quantitative estimate of drug-likeness (QED) is 0.732. The van der Waals surface area contributed by atoms with Gasteiger partial charge in [-0.3, -0.25) is 14.2 Å². The Morgan fingerprint density at radius 1 is 1.32 bits per heavy atom. The van der Waals surface area contributed by atoms with Crippen LogP contribution in [0.1, 0.15) is 11.6 Å². The van der Waals surface area contributed by atoms with Crippen molar-refractivity contribution in [3.8, 4) is 0 Å². The number of aromatic nitrogens is 2. The van der Waals surface area contributed by atoms with Crippen molar-refractivity contribution in [3.05, 3.63) is 63.3 Å². The number of amides is 1. The number of benzene rings is 1. The zero-order valence-electron chi connectivity index (χ0n) is 14.2. The zero-order valence-corrected chi connectivity index (χ0v) is 15.0. The molecular weight excluding hydrogens is 336 g/mol. The van der Waals surface area contributed by atoms with Crippen LogP contribution in [-0.4, -0.2) is 41.0 Å². The van der Waals surface area contributed by atoms with Gasteiger partial charge in [0.2, 0.25) is 5.91 Å². The molecule has 1 amide bonds. The second-order valence-corrected chi connectivity index (χ2v) is 6.81. The molecule has 25 heavy (non-hydrogen) atoms. The normalized spacial score (nSPS) is 12.4. The van der Waals surface area contributed by atoms with Crippen LogP contribution in [-0.2, 0) is 11.3 Å². The summed E-state index contributed by atoms with van der Waals surface area (Å²) in [7, 11) is 3.96. The van der Waals surface area contributed by atoms with Gasteiger partial charge >= 0.3 is 0 Å². The zero-order chi connectivity index (χ0) is 17.8. The summed E-state index contributed by atoms with van der Waals surface area (Å²) >= 11 is 1.63. The maximum Gasteiger partial charge on any atom is 0.261 e. The third-order valence-electron chi connectivity index (χ3n) is 4.09. The minimum atomic E-state index is -0.207. The number of hydrogen-bond acceptors (Lipinski definition) is 5. The largest absolute Gasteiger partial charge is 0.353 e. The van der Waals surface area contributed by atoms with Crippen molar-refractivity contribution in [2.24, 2.45) is 0 Å². The van der Waals surface area contributed by atoms with E-state index in [1.54, 1.807) is 29.5 Å². The van der Waals surface area contributed by atoms with Crippen molar-refractivity contribution in [2.45, 2.75) is 12.6 Å². The number of nitrogens with zero attached hydrogens (tertiary/aromatic N) is 3. The Morgan fingerprint density at radius 3 is 2.84 bits per heavy atom. The number of rotatable bonds is 6. The molecule has 0 fully saturated rings. The monoisotopic (exact) mass is 356 g/mol. The number of thiophene rings is 1. The smallest absolute Gasteiger partial charge is 0.261 e. The average Bonchev–Trinajstić information content (AvgIpc) is 3.12. The van der Waals surface area contributed by atoms with Crippen LogP contribution in [0.25, 0.3) is 10.9 Å². The standard InChI is InChI=1S/C18H20N4O2S/c1-21(2)16(13-7-8-25-11-13)9-19-17(23)10-22-12-20-15-6-4-3-5-14(15)18(22)24/h3-8,11-12,16H,9-10H2,1-2H3,(H,19,23). The summed E-state index contributed by atoms with van der Waals surface area (Å²) in [4.78, 5) is 31.0. The first kappa shape index (κ1) is 17.3. The van der Waals surface area contributed by atoms with E-state index in [0.717, 1.165) is 0 Å². The molecule has 3 aromatic rings. The molecule has 0 aliphatic rings. The first-order valence-electron chi connectivity index (χ1n) is 7.95. The fraction of sp³-hybridized carbons (Fsp3) is 0.278. The summed E-state index contributed by atoms with van der Waals surface area (Å²) < 4.78 is 1.34. The number of carbonyl (C=O) groups is 1. The predicted octanol–water partition coefficient (Wildman–Crippen LogP) is 1.88. The number of hydrogen-bond donors (Lipinski definition) is 1. The lowest BCUT2D eigenvalue weighted by atomic mass is 10.1. The number of nitrogens with one attached hydrogen (secondary N) is 1. The van der Waals surface area contributed by atoms with Crippen LogP contribution in [0.15, 0.2) is 52.2 Å². The molecule has 0 aliphatic carbocycles. The minimum absolute atomic E-state index is 0.0412. The molecule has 2 aromatic heterocycles. The summed E-state index contributed by atoms with van der Waals surface area (Å²) in [5, 5.41) is 7.53. The summed E-state index contributed by atoms with van der Waals surface area (Å²) in [5.74, 6) is -0.207. The molecule has 1 unspecified atom stereocenters. The van der Waals surface area contributed by atoms with Crippen molar-refractivity contribution in [1.82, 2.24) is 19.8 Å². The van der Waals surface area contributed by atoms with Gasteiger partial charge in [0.1, 0.15) is 6.54 Å². The first-order chi connectivity index (χ1) is 12.1. The highest BCUT2D eigenvalue weighted by atomic mass is 32.1. The van der Waals surface area contributed by atoms with E-state index in [4.69, 9.17) is 0 Å². The Kier molecular flexibility index (Phi) is 5.25. The van der Waals surface area contributed by atoms with Gasteiger partial charge in [0, 0.05) is 6.54 Å². The van der Waals surface area contributed by atoms with Crippen LogP contribution in [0.4, 0.5) is 0 Å². The topological polar surface area (TPSA) is 67.2 Å². The summed E-state index contributed by atoms with van der Waals surface area (Å²) in [6.07, 6.45) is 1.42. The van der Waals surface area contributed by atoms with Crippen LogP contribution >= 0.6 is 11.3 Å². The van der Waals surface area contributed by atoms with E-state index >= 15 is 0 Å². The Morgan fingerprint density at radius 2 is 2.12 bits per heavy atom. The van der Waals surface area contributed by atoms with Crippen molar-refractivity contribution in [3.63, 3.8) is 0 Å². The molecule has 0 saturated carbocycles.